The molecule has 1 aromatic carbocycles. The standard InChI is InChI=1S/C20H27N3O3S/c1-5-6-11-26-17-9-7-16(8-10-17)19(25)23(14(2)3)13-18(24)22-20-21-12-15(4)27-20/h7-10,12,14H,5-6,11,13H2,1-4H3,(H,21,22,24). The fourth-order valence-electron chi connectivity index (χ4n) is 2.41. The number of unbranched alkanes of at least 4 members (excludes halogenated alkanes) is 1. The molecule has 0 saturated carbocycles. The van der Waals surface area contributed by atoms with Crippen LogP contribution in [0, 0.1) is 6.92 Å². The molecule has 2 amide bonds. The van der Waals surface area contributed by atoms with Crippen molar-refractivity contribution in [1.29, 1.82) is 0 Å². The van der Waals surface area contributed by atoms with Crippen LogP contribution in [0.5, 0.6) is 5.75 Å². The number of amides is 2. The number of hydrogen-bond acceptors (Lipinski definition) is 5. The van der Waals surface area contributed by atoms with Gasteiger partial charge >= 0.3 is 0 Å². The zero-order valence-corrected chi connectivity index (χ0v) is 17.1. The molecule has 146 valence electrons. The number of nitrogens with zero attached hydrogens (tertiary/aromatic N) is 2. The molecule has 0 fully saturated rings. The summed E-state index contributed by atoms with van der Waals surface area (Å²) in [5.74, 6) is 0.300. The van der Waals surface area contributed by atoms with Crippen LogP contribution in [0.3, 0.4) is 0 Å². The van der Waals surface area contributed by atoms with E-state index < -0.39 is 0 Å². The fraction of sp³-hybridized carbons (Fsp3) is 0.450. The molecule has 1 N–H and O–H groups in total. The molecule has 0 unspecified atom stereocenters. The Labute approximate surface area is 164 Å². The lowest BCUT2D eigenvalue weighted by molar-refractivity contribution is -0.117. The third-order valence-corrected chi connectivity index (χ3v) is 4.76. The fourth-order valence-corrected chi connectivity index (χ4v) is 3.09. The molecule has 0 aliphatic carbocycles. The highest BCUT2D eigenvalue weighted by Gasteiger charge is 2.22. The van der Waals surface area contributed by atoms with Crippen molar-refractivity contribution < 1.29 is 14.3 Å². The minimum Gasteiger partial charge on any atom is -0.494 e. The number of thiazole rings is 1. The van der Waals surface area contributed by atoms with Crippen molar-refractivity contribution in [3.05, 3.63) is 40.9 Å². The van der Waals surface area contributed by atoms with E-state index in [-0.39, 0.29) is 24.4 Å². The van der Waals surface area contributed by atoms with Gasteiger partial charge in [-0.1, -0.05) is 13.3 Å². The zero-order valence-electron chi connectivity index (χ0n) is 16.3. The van der Waals surface area contributed by atoms with Crippen LogP contribution >= 0.6 is 11.3 Å². The average molecular weight is 390 g/mol. The maximum absolute atomic E-state index is 12.8. The largest absolute Gasteiger partial charge is 0.494 e. The minimum atomic E-state index is -0.258. The number of ether oxygens (including phenoxy) is 1. The van der Waals surface area contributed by atoms with Gasteiger partial charge in [-0.05, 0) is 51.5 Å². The summed E-state index contributed by atoms with van der Waals surface area (Å²) in [6.07, 6.45) is 3.77. The average Bonchev–Trinajstić information content (AvgIpc) is 3.04. The number of anilines is 1. The van der Waals surface area contributed by atoms with Gasteiger partial charge in [0.1, 0.15) is 12.3 Å². The normalized spacial score (nSPS) is 10.7. The lowest BCUT2D eigenvalue weighted by atomic mass is 10.1. The van der Waals surface area contributed by atoms with Gasteiger partial charge in [-0.25, -0.2) is 4.98 Å². The second kappa shape index (κ2) is 10.1. The summed E-state index contributed by atoms with van der Waals surface area (Å²) in [4.78, 5) is 31.8. The van der Waals surface area contributed by atoms with Crippen LogP contribution in [0.15, 0.2) is 30.5 Å². The summed E-state index contributed by atoms with van der Waals surface area (Å²) < 4.78 is 5.63. The van der Waals surface area contributed by atoms with Crippen molar-refractivity contribution in [2.75, 3.05) is 18.5 Å². The summed E-state index contributed by atoms with van der Waals surface area (Å²) in [7, 11) is 0. The lowest BCUT2D eigenvalue weighted by Crippen LogP contribution is -2.42. The van der Waals surface area contributed by atoms with Crippen molar-refractivity contribution in [3.8, 4) is 5.75 Å². The molecule has 0 bridgehead atoms. The molecule has 6 nitrogen and oxygen atoms in total. The molecule has 2 rings (SSSR count). The van der Waals surface area contributed by atoms with Crippen molar-refractivity contribution in [1.82, 2.24) is 9.88 Å². The lowest BCUT2D eigenvalue weighted by Gasteiger charge is -2.26. The third kappa shape index (κ3) is 6.36. The first-order chi connectivity index (χ1) is 12.9. The molecule has 7 heteroatoms. The number of carbonyl (C=O) groups excluding carboxylic acids is 2. The summed E-state index contributed by atoms with van der Waals surface area (Å²) in [5, 5.41) is 3.29. The van der Waals surface area contributed by atoms with Crippen LogP contribution in [0.1, 0.15) is 48.8 Å². The summed E-state index contributed by atoms with van der Waals surface area (Å²) in [6.45, 7) is 8.45. The number of nitrogens with one attached hydrogen (secondary N) is 1. The Morgan fingerprint density at radius 2 is 1.96 bits per heavy atom. The predicted octanol–water partition coefficient (Wildman–Crippen LogP) is 4.12. The molecule has 0 aliphatic rings. The molecule has 0 aliphatic heterocycles. The smallest absolute Gasteiger partial charge is 0.254 e. The molecule has 1 heterocycles. The van der Waals surface area contributed by atoms with E-state index >= 15 is 0 Å². The Morgan fingerprint density at radius 1 is 1.26 bits per heavy atom. The van der Waals surface area contributed by atoms with E-state index in [0.29, 0.717) is 17.3 Å². The quantitative estimate of drug-likeness (QED) is 0.655. The molecule has 1 aromatic heterocycles. The van der Waals surface area contributed by atoms with E-state index in [2.05, 4.69) is 17.2 Å². The maximum Gasteiger partial charge on any atom is 0.254 e. The number of hydrogen-bond donors (Lipinski definition) is 1. The third-order valence-electron chi connectivity index (χ3n) is 3.93. The highest BCUT2D eigenvalue weighted by Crippen LogP contribution is 2.18. The molecule has 27 heavy (non-hydrogen) atoms. The SMILES string of the molecule is CCCCOc1ccc(C(=O)N(CC(=O)Nc2ncc(C)s2)C(C)C)cc1. The molecule has 0 spiro atoms. The highest BCUT2D eigenvalue weighted by atomic mass is 32.1. The second-order valence-corrected chi connectivity index (χ2v) is 7.81. The van der Waals surface area contributed by atoms with Crippen molar-refractivity contribution in [2.24, 2.45) is 0 Å². The van der Waals surface area contributed by atoms with Gasteiger partial charge in [0.2, 0.25) is 5.91 Å². The second-order valence-electron chi connectivity index (χ2n) is 6.58. The molecule has 2 aromatic rings. The first-order valence-corrected chi connectivity index (χ1v) is 9.98. The van der Waals surface area contributed by atoms with E-state index in [4.69, 9.17) is 4.74 Å². The minimum absolute atomic E-state index is 0.0239. The van der Waals surface area contributed by atoms with E-state index in [1.165, 1.54) is 11.3 Å². The molecular weight excluding hydrogens is 362 g/mol. The monoisotopic (exact) mass is 389 g/mol. The van der Waals surface area contributed by atoms with Gasteiger partial charge in [0.05, 0.1) is 6.61 Å². The van der Waals surface area contributed by atoms with Gasteiger partial charge in [-0.2, -0.15) is 0 Å². The number of rotatable bonds is 9. The first kappa shape index (κ1) is 20.9. The number of aromatic nitrogens is 1. The zero-order chi connectivity index (χ0) is 19.8. The van der Waals surface area contributed by atoms with Crippen LogP contribution in [0.4, 0.5) is 5.13 Å². The summed E-state index contributed by atoms with van der Waals surface area (Å²) in [5.41, 5.74) is 0.532. The molecular formula is C20H27N3O3S. The van der Waals surface area contributed by atoms with E-state index in [1.54, 1.807) is 35.4 Å². The van der Waals surface area contributed by atoms with Crippen LogP contribution in [0.2, 0.25) is 0 Å². The Morgan fingerprint density at radius 3 is 2.52 bits per heavy atom. The molecule has 0 radical (unpaired) electrons. The van der Waals surface area contributed by atoms with Gasteiger partial charge in [0.25, 0.3) is 5.91 Å². The Balaban J connectivity index is 2.00. The van der Waals surface area contributed by atoms with Gasteiger partial charge in [0.15, 0.2) is 5.13 Å². The summed E-state index contributed by atoms with van der Waals surface area (Å²) in [6, 6.07) is 6.95. The van der Waals surface area contributed by atoms with E-state index in [0.717, 1.165) is 23.5 Å². The van der Waals surface area contributed by atoms with Crippen LogP contribution in [0.25, 0.3) is 0 Å². The number of carbonyl (C=O) groups is 2. The summed E-state index contributed by atoms with van der Waals surface area (Å²) >= 11 is 1.41. The molecule has 0 saturated heterocycles. The van der Waals surface area contributed by atoms with Crippen molar-refractivity contribution in [2.45, 2.75) is 46.6 Å². The Kier molecular flexibility index (Phi) is 7.79. The Bertz CT molecular complexity index is 756. The van der Waals surface area contributed by atoms with Gasteiger partial charge in [-0.3, -0.25) is 9.59 Å². The van der Waals surface area contributed by atoms with Crippen LogP contribution in [-0.2, 0) is 4.79 Å². The van der Waals surface area contributed by atoms with Crippen molar-refractivity contribution in [3.63, 3.8) is 0 Å². The number of benzene rings is 1. The van der Waals surface area contributed by atoms with E-state index in [9.17, 15) is 9.59 Å². The highest BCUT2D eigenvalue weighted by molar-refractivity contribution is 7.15. The van der Waals surface area contributed by atoms with Gasteiger partial charge in [-0.15, -0.1) is 11.3 Å². The van der Waals surface area contributed by atoms with Gasteiger partial charge < -0.3 is 15.0 Å². The topological polar surface area (TPSA) is 71.5 Å². The van der Waals surface area contributed by atoms with Crippen LogP contribution < -0.4 is 10.1 Å². The van der Waals surface area contributed by atoms with Crippen LogP contribution in [-0.4, -0.2) is 40.9 Å². The van der Waals surface area contributed by atoms with E-state index in [1.807, 2.05) is 20.8 Å². The van der Waals surface area contributed by atoms with Gasteiger partial charge in [0, 0.05) is 22.7 Å². The Hall–Kier alpha value is -2.41. The maximum atomic E-state index is 12.8. The molecule has 0 atom stereocenters. The first-order valence-electron chi connectivity index (χ1n) is 9.16. The van der Waals surface area contributed by atoms with Crippen molar-refractivity contribution >= 4 is 28.3 Å². The predicted molar refractivity (Wildman–Crippen MR) is 108 cm³/mol. The number of aryl methyl sites for hydroxylation is 1.